The number of methoxy groups -OCH3 is 2. The van der Waals surface area contributed by atoms with Crippen LogP contribution < -0.4 is 9.47 Å². The maximum absolute atomic E-state index is 5.38. The molecule has 1 N–H and O–H groups in total. The molecule has 2 aromatic heterocycles. The molecule has 3 aromatic rings. The van der Waals surface area contributed by atoms with Crippen molar-refractivity contribution >= 4 is 22.9 Å². The molecule has 0 saturated heterocycles. The topological polar surface area (TPSA) is 72.9 Å². The van der Waals surface area contributed by atoms with Gasteiger partial charge in [-0.1, -0.05) is 11.8 Å². The van der Waals surface area contributed by atoms with Crippen molar-refractivity contribution in [3.63, 3.8) is 0 Å². The molecule has 0 aliphatic carbocycles. The van der Waals surface area contributed by atoms with E-state index < -0.39 is 0 Å². The predicted molar refractivity (Wildman–Crippen MR) is 75.4 cm³/mol. The van der Waals surface area contributed by atoms with Crippen LogP contribution in [0.4, 0.5) is 0 Å². The summed E-state index contributed by atoms with van der Waals surface area (Å²) in [5, 5.41) is 0.802. The molecule has 2 heterocycles. The molecular weight excluding hydrogens is 276 g/mol. The van der Waals surface area contributed by atoms with Gasteiger partial charge in [-0.05, 0) is 12.1 Å². The number of H-pyrrole nitrogens is 1. The van der Waals surface area contributed by atoms with E-state index >= 15 is 0 Å². The van der Waals surface area contributed by atoms with Gasteiger partial charge < -0.3 is 14.5 Å². The highest BCUT2D eigenvalue weighted by Gasteiger charge is 2.11. The first-order valence-electron chi connectivity index (χ1n) is 5.86. The highest BCUT2D eigenvalue weighted by molar-refractivity contribution is 7.99. The number of nitrogens with one attached hydrogen (secondary N) is 1. The van der Waals surface area contributed by atoms with Gasteiger partial charge in [0.2, 0.25) is 0 Å². The van der Waals surface area contributed by atoms with Gasteiger partial charge in [0.05, 0.1) is 25.4 Å². The molecule has 0 spiro atoms. The monoisotopic (exact) mass is 288 g/mol. The Morgan fingerprint density at radius 2 is 2.00 bits per heavy atom. The van der Waals surface area contributed by atoms with Crippen LogP contribution in [-0.4, -0.2) is 34.2 Å². The Labute approximate surface area is 119 Å². The van der Waals surface area contributed by atoms with Crippen molar-refractivity contribution in [2.45, 2.75) is 9.92 Å². The lowest BCUT2D eigenvalue weighted by molar-refractivity contribution is 0.387. The van der Waals surface area contributed by atoms with Crippen molar-refractivity contribution in [1.29, 1.82) is 0 Å². The van der Waals surface area contributed by atoms with E-state index in [2.05, 4.69) is 19.9 Å². The smallest absolute Gasteiger partial charge is 0.181 e. The second-order valence-electron chi connectivity index (χ2n) is 3.90. The quantitative estimate of drug-likeness (QED) is 0.744. The van der Waals surface area contributed by atoms with Gasteiger partial charge in [0, 0.05) is 6.07 Å². The first kappa shape index (κ1) is 12.7. The molecule has 0 radical (unpaired) electrons. The first-order valence-corrected chi connectivity index (χ1v) is 6.67. The van der Waals surface area contributed by atoms with Gasteiger partial charge in [-0.3, -0.25) is 0 Å². The first-order chi connectivity index (χ1) is 9.81. The van der Waals surface area contributed by atoms with Crippen LogP contribution in [0, 0.1) is 0 Å². The zero-order valence-electron chi connectivity index (χ0n) is 11.0. The van der Waals surface area contributed by atoms with Crippen LogP contribution >= 0.6 is 11.8 Å². The third kappa shape index (κ3) is 2.27. The van der Waals surface area contributed by atoms with E-state index in [4.69, 9.17) is 9.47 Å². The second kappa shape index (κ2) is 5.38. The summed E-state index contributed by atoms with van der Waals surface area (Å²) in [7, 11) is 3.25. The fourth-order valence-electron chi connectivity index (χ4n) is 1.78. The molecule has 0 fully saturated rings. The molecule has 1 aromatic carbocycles. The van der Waals surface area contributed by atoms with E-state index in [1.54, 1.807) is 20.5 Å². The third-order valence-corrected chi connectivity index (χ3v) is 3.83. The molecule has 0 unspecified atom stereocenters. The summed E-state index contributed by atoms with van der Waals surface area (Å²) >= 11 is 1.49. The summed E-state index contributed by atoms with van der Waals surface area (Å²) in [6.45, 7) is 0. The molecular formula is C13H12N4O2S. The van der Waals surface area contributed by atoms with Gasteiger partial charge in [-0.2, -0.15) is 0 Å². The summed E-state index contributed by atoms with van der Waals surface area (Å²) in [6.07, 6.45) is 3.11. The van der Waals surface area contributed by atoms with Crippen molar-refractivity contribution in [2.75, 3.05) is 14.2 Å². The van der Waals surface area contributed by atoms with Crippen LogP contribution in [0.5, 0.6) is 11.5 Å². The number of hydrogen-bond acceptors (Lipinski definition) is 6. The van der Waals surface area contributed by atoms with Crippen LogP contribution in [0.2, 0.25) is 0 Å². The average Bonchev–Trinajstić information content (AvgIpc) is 2.97. The van der Waals surface area contributed by atoms with Crippen LogP contribution in [0.1, 0.15) is 0 Å². The number of benzene rings is 1. The molecule has 0 aliphatic rings. The standard InChI is InChI=1S/C13H12N4O2S/c1-18-8-3-4-10(9(5-8)19-2)20-13-11-12(15-6-14-11)16-7-17-13/h3-7H,1-2H3,(H,14,15,16,17). The Kier molecular flexibility index (Phi) is 3.42. The number of imidazole rings is 1. The van der Waals surface area contributed by atoms with Crippen LogP contribution in [-0.2, 0) is 0 Å². The van der Waals surface area contributed by atoms with Crippen LogP contribution in [0.25, 0.3) is 11.2 Å². The Morgan fingerprint density at radius 3 is 2.80 bits per heavy atom. The van der Waals surface area contributed by atoms with E-state index in [-0.39, 0.29) is 0 Å². The maximum Gasteiger partial charge on any atom is 0.181 e. The van der Waals surface area contributed by atoms with Gasteiger partial charge in [0.25, 0.3) is 0 Å². The second-order valence-corrected chi connectivity index (χ2v) is 4.93. The van der Waals surface area contributed by atoms with Gasteiger partial charge in [-0.25, -0.2) is 15.0 Å². The number of fused-ring (bicyclic) bond motifs is 1. The predicted octanol–water partition coefficient (Wildman–Crippen LogP) is 2.52. The molecule has 3 rings (SSSR count). The lowest BCUT2D eigenvalue weighted by Gasteiger charge is -2.09. The zero-order valence-corrected chi connectivity index (χ0v) is 11.8. The van der Waals surface area contributed by atoms with Crippen molar-refractivity contribution in [3.05, 3.63) is 30.9 Å². The molecule has 7 heteroatoms. The van der Waals surface area contributed by atoms with Crippen molar-refractivity contribution < 1.29 is 9.47 Å². The molecule has 102 valence electrons. The fourth-order valence-corrected chi connectivity index (χ4v) is 2.72. The van der Waals surface area contributed by atoms with Gasteiger partial charge in [0.1, 0.15) is 28.4 Å². The number of rotatable bonds is 4. The normalized spacial score (nSPS) is 10.7. The van der Waals surface area contributed by atoms with Crippen molar-refractivity contribution in [2.24, 2.45) is 0 Å². The molecule has 0 amide bonds. The Morgan fingerprint density at radius 1 is 1.10 bits per heavy atom. The summed E-state index contributed by atoms with van der Waals surface area (Å²) in [4.78, 5) is 16.5. The Bertz CT molecular complexity index is 744. The number of aromatic nitrogens is 4. The number of hydrogen-bond donors (Lipinski definition) is 1. The minimum Gasteiger partial charge on any atom is -0.497 e. The third-order valence-electron chi connectivity index (χ3n) is 2.77. The van der Waals surface area contributed by atoms with Gasteiger partial charge in [-0.15, -0.1) is 0 Å². The summed E-state index contributed by atoms with van der Waals surface area (Å²) in [5.74, 6) is 1.49. The van der Waals surface area contributed by atoms with Crippen LogP contribution in [0.15, 0.2) is 40.8 Å². The van der Waals surface area contributed by atoms with Gasteiger partial charge >= 0.3 is 0 Å². The summed E-state index contributed by atoms with van der Waals surface area (Å²) in [5.41, 5.74) is 1.46. The molecule has 0 saturated carbocycles. The minimum absolute atomic E-state index is 0.648. The molecule has 0 bridgehead atoms. The average molecular weight is 288 g/mol. The van der Waals surface area contributed by atoms with E-state index in [1.165, 1.54) is 18.1 Å². The molecule has 20 heavy (non-hydrogen) atoms. The van der Waals surface area contributed by atoms with E-state index in [0.29, 0.717) is 5.65 Å². The van der Waals surface area contributed by atoms with E-state index in [1.807, 2.05) is 18.2 Å². The fraction of sp³-hybridized carbons (Fsp3) is 0.154. The lowest BCUT2D eigenvalue weighted by atomic mass is 10.3. The SMILES string of the molecule is COc1ccc(Sc2ncnc3nc[nH]c23)c(OC)c1. The highest BCUT2D eigenvalue weighted by atomic mass is 32.2. The Balaban J connectivity index is 2.00. The molecule has 6 nitrogen and oxygen atoms in total. The zero-order chi connectivity index (χ0) is 13.9. The number of nitrogens with zero attached hydrogens (tertiary/aromatic N) is 3. The Hall–Kier alpha value is -2.28. The maximum atomic E-state index is 5.38. The largest absolute Gasteiger partial charge is 0.497 e. The molecule has 0 atom stereocenters. The van der Waals surface area contributed by atoms with E-state index in [9.17, 15) is 0 Å². The van der Waals surface area contributed by atoms with E-state index in [0.717, 1.165) is 26.9 Å². The summed E-state index contributed by atoms with van der Waals surface area (Å²) < 4.78 is 10.6. The number of ether oxygens (including phenoxy) is 2. The highest BCUT2D eigenvalue weighted by Crippen LogP contribution is 2.37. The lowest BCUT2D eigenvalue weighted by Crippen LogP contribution is -1.91. The van der Waals surface area contributed by atoms with Crippen molar-refractivity contribution in [1.82, 2.24) is 19.9 Å². The minimum atomic E-state index is 0.648. The van der Waals surface area contributed by atoms with Gasteiger partial charge in [0.15, 0.2) is 5.65 Å². The molecule has 0 aliphatic heterocycles. The van der Waals surface area contributed by atoms with Crippen molar-refractivity contribution in [3.8, 4) is 11.5 Å². The summed E-state index contributed by atoms with van der Waals surface area (Å²) in [6, 6.07) is 5.66. The number of aromatic amines is 1. The van der Waals surface area contributed by atoms with Crippen LogP contribution in [0.3, 0.4) is 0 Å².